The number of hydrogen-bond donors (Lipinski definition) is 1. The molecule has 1 atom stereocenters. The zero-order chi connectivity index (χ0) is 11.0. The monoisotopic (exact) mass is 253 g/mol. The largest absolute Gasteiger partial charge is 0.313 e. The van der Waals surface area contributed by atoms with Gasteiger partial charge in [-0.05, 0) is 12.1 Å². The number of nitrogens with zero attached hydrogens (tertiary/aromatic N) is 2. The Bertz CT molecular complexity index is 398. The lowest BCUT2D eigenvalue weighted by Gasteiger charge is -2.26. The van der Waals surface area contributed by atoms with Gasteiger partial charge in [-0.15, -0.1) is 12.4 Å². The second-order valence-corrected chi connectivity index (χ2v) is 4.28. The maximum Gasteiger partial charge on any atom is 0.246 e. The Morgan fingerprint density at radius 2 is 2.00 bits per heavy atom. The van der Waals surface area contributed by atoms with Crippen LogP contribution in [0.15, 0.2) is 30.3 Å². The predicted molar refractivity (Wildman–Crippen MR) is 69.4 cm³/mol. The lowest BCUT2D eigenvalue weighted by atomic mass is 10.2. The van der Waals surface area contributed by atoms with Gasteiger partial charge in [0.15, 0.2) is 0 Å². The molecule has 1 N–H and O–H groups in total. The number of piperazine rings is 1. The summed E-state index contributed by atoms with van der Waals surface area (Å²) in [6.07, 6.45) is 0. The molecule has 3 rings (SSSR count). The summed E-state index contributed by atoms with van der Waals surface area (Å²) in [5, 5.41) is 3.27. The topological polar surface area (TPSA) is 35.6 Å². The van der Waals surface area contributed by atoms with Crippen molar-refractivity contribution in [3.05, 3.63) is 30.3 Å². The Morgan fingerprint density at radius 1 is 1.24 bits per heavy atom. The quantitative estimate of drug-likeness (QED) is 0.800. The first-order valence-corrected chi connectivity index (χ1v) is 5.67. The van der Waals surface area contributed by atoms with E-state index in [1.54, 1.807) is 0 Å². The lowest BCUT2D eigenvalue weighted by molar-refractivity contribution is -0.119. The highest BCUT2D eigenvalue weighted by molar-refractivity contribution is 5.99. The van der Waals surface area contributed by atoms with Crippen LogP contribution in [0, 0.1) is 0 Å². The Hall–Kier alpha value is -1.10. The molecule has 0 radical (unpaired) electrons. The maximum atomic E-state index is 12.2. The molecule has 0 aliphatic carbocycles. The van der Waals surface area contributed by atoms with Crippen molar-refractivity contribution in [1.82, 2.24) is 10.2 Å². The number of amides is 1. The van der Waals surface area contributed by atoms with Gasteiger partial charge in [0.1, 0.15) is 6.04 Å². The zero-order valence-electron chi connectivity index (χ0n) is 9.50. The number of fused-ring (bicyclic) bond motifs is 1. The fourth-order valence-corrected chi connectivity index (χ4v) is 2.41. The summed E-state index contributed by atoms with van der Waals surface area (Å²) >= 11 is 0. The van der Waals surface area contributed by atoms with Gasteiger partial charge in [0.05, 0.1) is 6.67 Å². The second-order valence-electron chi connectivity index (χ2n) is 4.28. The smallest absolute Gasteiger partial charge is 0.246 e. The number of hydrogen-bond acceptors (Lipinski definition) is 3. The van der Waals surface area contributed by atoms with Crippen molar-refractivity contribution in [2.24, 2.45) is 0 Å². The van der Waals surface area contributed by atoms with E-state index in [0.717, 1.165) is 32.0 Å². The summed E-state index contributed by atoms with van der Waals surface area (Å²) in [5.74, 6) is 0.221. The molecule has 17 heavy (non-hydrogen) atoms. The van der Waals surface area contributed by atoms with E-state index in [2.05, 4.69) is 10.2 Å². The van der Waals surface area contributed by atoms with Gasteiger partial charge in [-0.1, -0.05) is 18.2 Å². The average Bonchev–Trinajstić information content (AvgIpc) is 2.69. The van der Waals surface area contributed by atoms with E-state index in [9.17, 15) is 4.79 Å². The minimum absolute atomic E-state index is 0. The maximum absolute atomic E-state index is 12.2. The number of halogens is 1. The first kappa shape index (κ1) is 12.4. The summed E-state index contributed by atoms with van der Waals surface area (Å²) < 4.78 is 0. The third-order valence-electron chi connectivity index (χ3n) is 3.30. The van der Waals surface area contributed by atoms with Crippen LogP contribution in [0.2, 0.25) is 0 Å². The highest BCUT2D eigenvalue weighted by Gasteiger charge is 2.39. The molecule has 5 heteroatoms. The van der Waals surface area contributed by atoms with Crippen LogP contribution in [0.4, 0.5) is 5.69 Å². The van der Waals surface area contributed by atoms with E-state index in [1.807, 2.05) is 35.2 Å². The van der Waals surface area contributed by atoms with Gasteiger partial charge >= 0.3 is 0 Å². The van der Waals surface area contributed by atoms with Crippen LogP contribution in [0.25, 0.3) is 0 Å². The molecule has 1 aromatic rings. The van der Waals surface area contributed by atoms with Crippen molar-refractivity contribution in [3.8, 4) is 0 Å². The van der Waals surface area contributed by atoms with Crippen LogP contribution in [0.5, 0.6) is 0 Å². The van der Waals surface area contributed by atoms with Gasteiger partial charge in [-0.3, -0.25) is 14.6 Å². The number of benzene rings is 1. The fraction of sp³-hybridized carbons (Fsp3) is 0.417. The normalized spacial score (nSPS) is 24.4. The van der Waals surface area contributed by atoms with Crippen molar-refractivity contribution in [3.63, 3.8) is 0 Å². The van der Waals surface area contributed by atoms with Gasteiger partial charge in [0, 0.05) is 25.3 Å². The van der Waals surface area contributed by atoms with E-state index in [0.29, 0.717) is 0 Å². The Kier molecular flexibility index (Phi) is 3.66. The molecule has 1 unspecified atom stereocenters. The summed E-state index contributed by atoms with van der Waals surface area (Å²) in [4.78, 5) is 16.3. The molecule has 2 fully saturated rings. The second kappa shape index (κ2) is 5.04. The molecular formula is C12H16ClN3O. The fourth-order valence-electron chi connectivity index (χ4n) is 2.41. The number of rotatable bonds is 1. The van der Waals surface area contributed by atoms with Gasteiger partial charge in [-0.25, -0.2) is 0 Å². The molecule has 0 aromatic heterocycles. The highest BCUT2D eigenvalue weighted by Crippen LogP contribution is 2.23. The van der Waals surface area contributed by atoms with Crippen molar-refractivity contribution < 1.29 is 4.79 Å². The van der Waals surface area contributed by atoms with Crippen LogP contribution in [-0.4, -0.2) is 43.2 Å². The molecule has 92 valence electrons. The van der Waals surface area contributed by atoms with Gasteiger partial charge < -0.3 is 5.32 Å². The molecule has 0 spiro atoms. The molecule has 0 saturated carbocycles. The highest BCUT2D eigenvalue weighted by atomic mass is 35.5. The van der Waals surface area contributed by atoms with Gasteiger partial charge in [0.25, 0.3) is 0 Å². The van der Waals surface area contributed by atoms with Crippen molar-refractivity contribution >= 4 is 24.0 Å². The van der Waals surface area contributed by atoms with E-state index >= 15 is 0 Å². The Balaban J connectivity index is 0.00000108. The van der Waals surface area contributed by atoms with Crippen molar-refractivity contribution in [2.45, 2.75) is 6.04 Å². The standard InChI is InChI=1S/C12H15N3O.ClH/c16-12-11-8-13-6-7-14(11)9-15(12)10-4-2-1-3-5-10;/h1-5,11,13H,6-9H2;1H. The Labute approximate surface area is 107 Å². The average molecular weight is 254 g/mol. The van der Waals surface area contributed by atoms with Gasteiger partial charge in [0.2, 0.25) is 5.91 Å². The SMILES string of the molecule is Cl.O=C1C2CNCCN2CN1c1ccccc1. The first-order chi connectivity index (χ1) is 7.86. The molecule has 2 aliphatic heterocycles. The van der Waals surface area contributed by atoms with E-state index in [4.69, 9.17) is 0 Å². The molecule has 0 bridgehead atoms. The van der Waals surface area contributed by atoms with Crippen molar-refractivity contribution in [1.29, 1.82) is 0 Å². The first-order valence-electron chi connectivity index (χ1n) is 5.67. The number of carbonyl (C=O) groups is 1. The molecule has 1 amide bonds. The van der Waals surface area contributed by atoms with Gasteiger partial charge in [-0.2, -0.15) is 0 Å². The minimum Gasteiger partial charge on any atom is -0.313 e. The molecular weight excluding hydrogens is 238 g/mol. The number of anilines is 1. The van der Waals surface area contributed by atoms with E-state index in [-0.39, 0.29) is 24.4 Å². The molecule has 2 saturated heterocycles. The Morgan fingerprint density at radius 3 is 2.71 bits per heavy atom. The number of nitrogens with one attached hydrogen (secondary N) is 1. The zero-order valence-corrected chi connectivity index (χ0v) is 10.3. The van der Waals surface area contributed by atoms with Crippen LogP contribution >= 0.6 is 12.4 Å². The van der Waals surface area contributed by atoms with E-state index < -0.39 is 0 Å². The van der Waals surface area contributed by atoms with E-state index in [1.165, 1.54) is 0 Å². The van der Waals surface area contributed by atoms with Crippen LogP contribution in [0.3, 0.4) is 0 Å². The molecule has 4 nitrogen and oxygen atoms in total. The third-order valence-corrected chi connectivity index (χ3v) is 3.30. The van der Waals surface area contributed by atoms with Crippen molar-refractivity contribution in [2.75, 3.05) is 31.2 Å². The summed E-state index contributed by atoms with van der Waals surface area (Å²) in [6, 6.07) is 9.93. The minimum atomic E-state index is 0. The molecule has 1 aromatic carbocycles. The molecule has 2 heterocycles. The third kappa shape index (κ3) is 2.16. The summed E-state index contributed by atoms with van der Waals surface area (Å²) in [6.45, 7) is 3.45. The number of carbonyl (C=O) groups excluding carboxylic acids is 1. The summed E-state index contributed by atoms with van der Waals surface area (Å²) in [7, 11) is 0. The van der Waals surface area contributed by atoms with Crippen LogP contribution in [-0.2, 0) is 4.79 Å². The van der Waals surface area contributed by atoms with Crippen LogP contribution < -0.4 is 10.2 Å². The van der Waals surface area contributed by atoms with Crippen LogP contribution in [0.1, 0.15) is 0 Å². The number of para-hydroxylation sites is 1. The summed E-state index contributed by atoms with van der Waals surface area (Å²) in [5.41, 5.74) is 1.00. The lowest BCUT2D eigenvalue weighted by Crippen LogP contribution is -2.50. The molecule has 2 aliphatic rings. The predicted octanol–water partition coefficient (Wildman–Crippen LogP) is 0.686.